The van der Waals surface area contributed by atoms with E-state index in [2.05, 4.69) is 29.9 Å². The van der Waals surface area contributed by atoms with Crippen molar-refractivity contribution in [1.29, 1.82) is 0 Å². The molecule has 2 rings (SSSR count). The highest BCUT2D eigenvalue weighted by atomic mass is 16.5. The number of rotatable bonds is 2. The van der Waals surface area contributed by atoms with Crippen LogP contribution in [0.1, 0.15) is 31.9 Å². The van der Waals surface area contributed by atoms with E-state index in [1.807, 2.05) is 0 Å². The van der Waals surface area contributed by atoms with Crippen molar-refractivity contribution >= 4 is 5.97 Å². The Kier molecular flexibility index (Phi) is 3.31. The van der Waals surface area contributed by atoms with Crippen LogP contribution in [-0.2, 0) is 9.53 Å². The first kappa shape index (κ1) is 11.9. The number of carbonyl (C=O) groups is 1. The molecule has 1 aromatic heterocycles. The van der Waals surface area contributed by atoms with Crippen LogP contribution in [0.25, 0.3) is 0 Å². The van der Waals surface area contributed by atoms with Crippen molar-refractivity contribution in [2.75, 3.05) is 7.11 Å². The van der Waals surface area contributed by atoms with Crippen molar-refractivity contribution in [3.63, 3.8) is 0 Å². The van der Waals surface area contributed by atoms with Crippen molar-refractivity contribution in [3.05, 3.63) is 29.9 Å². The molecule has 0 saturated carbocycles. The number of methoxy groups -OCH3 is 1. The smallest absolute Gasteiger partial charge is 0.309 e. The maximum Gasteiger partial charge on any atom is 0.309 e. The lowest BCUT2D eigenvalue weighted by Crippen LogP contribution is -2.32. The monoisotopic (exact) mass is 234 g/mol. The Balaban J connectivity index is 2.34. The molecule has 17 heavy (non-hydrogen) atoms. The fourth-order valence-corrected chi connectivity index (χ4v) is 2.57. The number of aromatic nitrogens is 2. The minimum Gasteiger partial charge on any atom is -0.469 e. The second-order valence-electron chi connectivity index (χ2n) is 4.63. The average Bonchev–Trinajstić information content (AvgIpc) is 2.85. The van der Waals surface area contributed by atoms with Crippen LogP contribution in [0.4, 0.5) is 0 Å². The molecule has 1 unspecified atom stereocenters. The van der Waals surface area contributed by atoms with Crippen LogP contribution in [0.15, 0.2) is 24.2 Å². The zero-order chi connectivity index (χ0) is 12.4. The third-order valence-electron chi connectivity index (χ3n) is 3.78. The second-order valence-corrected chi connectivity index (χ2v) is 4.63. The number of carbonyl (C=O) groups excluding carboxylic acids is 1. The van der Waals surface area contributed by atoms with Crippen molar-refractivity contribution in [2.45, 2.75) is 26.2 Å². The van der Waals surface area contributed by atoms with Crippen LogP contribution in [0.3, 0.4) is 0 Å². The quantitative estimate of drug-likeness (QED) is 0.631. The van der Waals surface area contributed by atoms with Gasteiger partial charge in [0.15, 0.2) is 0 Å². The number of ether oxygens (including phenoxy) is 1. The van der Waals surface area contributed by atoms with Gasteiger partial charge < -0.3 is 9.72 Å². The van der Waals surface area contributed by atoms with Crippen LogP contribution in [0, 0.1) is 11.8 Å². The normalized spacial score (nSPS) is 28.6. The van der Waals surface area contributed by atoms with Crippen molar-refractivity contribution in [1.82, 2.24) is 9.97 Å². The molecule has 0 aliphatic heterocycles. The van der Waals surface area contributed by atoms with Gasteiger partial charge in [0.2, 0.25) is 0 Å². The molecular formula is C13H18N2O2. The van der Waals surface area contributed by atoms with E-state index in [-0.39, 0.29) is 23.7 Å². The Morgan fingerprint density at radius 1 is 1.59 bits per heavy atom. The zero-order valence-electron chi connectivity index (χ0n) is 10.4. The molecule has 4 nitrogen and oxygen atoms in total. The summed E-state index contributed by atoms with van der Waals surface area (Å²) in [5.74, 6) is 0.100. The lowest BCUT2D eigenvalue weighted by atomic mass is 9.72. The summed E-state index contributed by atoms with van der Waals surface area (Å²) in [6.45, 7) is 4.15. The molecule has 0 radical (unpaired) electrons. The number of nitrogens with one attached hydrogen (secondary N) is 1. The molecular weight excluding hydrogens is 216 g/mol. The fraction of sp³-hybridized carbons (Fsp3) is 0.538. The molecule has 0 amide bonds. The van der Waals surface area contributed by atoms with Gasteiger partial charge in [-0.25, -0.2) is 4.98 Å². The van der Waals surface area contributed by atoms with Crippen LogP contribution in [0.2, 0.25) is 0 Å². The molecule has 1 N–H and O–H groups in total. The van der Waals surface area contributed by atoms with Crippen molar-refractivity contribution in [2.24, 2.45) is 11.8 Å². The van der Waals surface area contributed by atoms with Gasteiger partial charge in [0.05, 0.1) is 19.4 Å². The van der Waals surface area contributed by atoms with Crippen molar-refractivity contribution < 1.29 is 9.53 Å². The predicted molar refractivity (Wildman–Crippen MR) is 64.4 cm³/mol. The zero-order valence-corrected chi connectivity index (χ0v) is 10.4. The van der Waals surface area contributed by atoms with Crippen molar-refractivity contribution in [3.8, 4) is 0 Å². The summed E-state index contributed by atoms with van der Waals surface area (Å²) >= 11 is 0. The number of esters is 1. The van der Waals surface area contributed by atoms with Gasteiger partial charge in [0.1, 0.15) is 0 Å². The van der Waals surface area contributed by atoms with E-state index in [1.54, 1.807) is 12.5 Å². The van der Waals surface area contributed by atoms with Gasteiger partial charge in [-0.3, -0.25) is 4.79 Å². The van der Waals surface area contributed by atoms with E-state index in [0.29, 0.717) is 0 Å². The molecule has 0 spiro atoms. The molecule has 1 aromatic rings. The first-order valence-electron chi connectivity index (χ1n) is 5.88. The number of H-pyrrole nitrogens is 1. The summed E-state index contributed by atoms with van der Waals surface area (Å²) < 4.78 is 4.94. The molecule has 3 atom stereocenters. The Morgan fingerprint density at radius 3 is 2.94 bits per heavy atom. The maximum atomic E-state index is 11.9. The largest absolute Gasteiger partial charge is 0.469 e. The van der Waals surface area contributed by atoms with Gasteiger partial charge in [0.25, 0.3) is 0 Å². The molecule has 92 valence electrons. The highest BCUT2D eigenvalue weighted by Gasteiger charge is 2.38. The standard InChI is InChI=1S/C13H18N2O2/c1-8-4-5-10(11-6-14-7-15-11)12(9(8)2)13(16)17-3/h4,6-7,9-10,12H,5H2,1-3H3,(H,14,15)/t9?,10-,12+/m1/s1. The number of imidazole rings is 1. The van der Waals surface area contributed by atoms with E-state index in [0.717, 1.165) is 12.1 Å². The van der Waals surface area contributed by atoms with E-state index in [4.69, 9.17) is 4.74 Å². The summed E-state index contributed by atoms with van der Waals surface area (Å²) in [5, 5.41) is 0. The summed E-state index contributed by atoms with van der Waals surface area (Å²) in [6, 6.07) is 0. The first-order chi connectivity index (χ1) is 8.15. The number of aromatic amines is 1. The molecule has 1 heterocycles. The van der Waals surface area contributed by atoms with Gasteiger partial charge in [-0.1, -0.05) is 18.6 Å². The number of hydrogen-bond donors (Lipinski definition) is 1. The third-order valence-corrected chi connectivity index (χ3v) is 3.78. The Morgan fingerprint density at radius 2 is 2.35 bits per heavy atom. The van der Waals surface area contributed by atoms with Gasteiger partial charge in [-0.15, -0.1) is 0 Å². The summed E-state index contributed by atoms with van der Waals surface area (Å²) in [4.78, 5) is 19.1. The molecule has 0 aromatic carbocycles. The van der Waals surface area contributed by atoms with E-state index in [1.165, 1.54) is 12.7 Å². The van der Waals surface area contributed by atoms with Gasteiger partial charge >= 0.3 is 5.97 Å². The molecule has 0 saturated heterocycles. The maximum absolute atomic E-state index is 11.9. The minimum absolute atomic E-state index is 0.120. The molecule has 1 aliphatic carbocycles. The van der Waals surface area contributed by atoms with E-state index >= 15 is 0 Å². The van der Waals surface area contributed by atoms with Crippen LogP contribution < -0.4 is 0 Å². The Hall–Kier alpha value is -1.58. The lowest BCUT2D eigenvalue weighted by Gasteiger charge is -2.33. The molecule has 0 fully saturated rings. The molecule has 1 aliphatic rings. The van der Waals surface area contributed by atoms with Gasteiger partial charge in [0, 0.05) is 17.8 Å². The van der Waals surface area contributed by atoms with E-state index in [9.17, 15) is 4.79 Å². The summed E-state index contributed by atoms with van der Waals surface area (Å²) in [6.07, 6.45) is 6.51. The van der Waals surface area contributed by atoms with Gasteiger partial charge in [-0.05, 0) is 19.3 Å². The average molecular weight is 234 g/mol. The SMILES string of the molecule is COC(=O)[C@H]1C(C)C(C)=CC[C@@H]1c1cnc[nH]1. The van der Waals surface area contributed by atoms with Crippen LogP contribution in [-0.4, -0.2) is 23.0 Å². The van der Waals surface area contributed by atoms with Crippen LogP contribution >= 0.6 is 0 Å². The summed E-state index contributed by atoms with van der Waals surface area (Å²) in [7, 11) is 1.45. The highest BCUT2D eigenvalue weighted by molar-refractivity contribution is 5.74. The van der Waals surface area contributed by atoms with E-state index < -0.39 is 0 Å². The topological polar surface area (TPSA) is 55.0 Å². The Labute approximate surface area is 101 Å². The Bertz CT molecular complexity index is 423. The lowest BCUT2D eigenvalue weighted by molar-refractivity contribution is -0.148. The second kappa shape index (κ2) is 4.73. The molecule has 4 heteroatoms. The highest BCUT2D eigenvalue weighted by Crippen LogP contribution is 2.40. The van der Waals surface area contributed by atoms with Gasteiger partial charge in [-0.2, -0.15) is 0 Å². The van der Waals surface area contributed by atoms with Crippen LogP contribution in [0.5, 0.6) is 0 Å². The number of nitrogens with zero attached hydrogens (tertiary/aromatic N) is 1. The third kappa shape index (κ3) is 2.12. The molecule has 0 bridgehead atoms. The first-order valence-corrected chi connectivity index (χ1v) is 5.88. The predicted octanol–water partition coefficient (Wildman–Crippen LogP) is 2.27. The number of hydrogen-bond acceptors (Lipinski definition) is 3. The summed E-state index contributed by atoms with van der Waals surface area (Å²) in [5.41, 5.74) is 2.27. The minimum atomic E-state index is -0.135. The number of allylic oxidation sites excluding steroid dienone is 2. The fourth-order valence-electron chi connectivity index (χ4n) is 2.57.